The smallest absolute Gasteiger partial charge is 0.237 e. The third-order valence-corrected chi connectivity index (χ3v) is 5.59. The minimum atomic E-state index is 0.231. The van der Waals surface area contributed by atoms with Crippen molar-refractivity contribution >= 4 is 11.7 Å². The quantitative estimate of drug-likeness (QED) is 0.792. The molecule has 4 rings (SSSR count). The maximum atomic E-state index is 12.8. The molecule has 2 saturated heterocycles. The van der Waals surface area contributed by atoms with Gasteiger partial charge in [-0.25, -0.2) is 4.98 Å². The Morgan fingerprint density at radius 1 is 1.27 bits per heavy atom. The number of pyridine rings is 1. The largest absolute Gasteiger partial charge is 0.377 e. The van der Waals surface area contributed by atoms with E-state index in [1.165, 1.54) is 12.8 Å². The van der Waals surface area contributed by atoms with Crippen LogP contribution in [0.25, 0.3) is 0 Å². The Balaban J connectivity index is 1.32. The molecule has 2 aliphatic heterocycles. The molecule has 1 aromatic heterocycles. The van der Waals surface area contributed by atoms with E-state index in [9.17, 15) is 10.1 Å². The van der Waals surface area contributed by atoms with Gasteiger partial charge in [-0.3, -0.25) is 9.69 Å². The molecule has 0 N–H and O–H groups in total. The van der Waals surface area contributed by atoms with Crippen molar-refractivity contribution in [3.8, 4) is 6.07 Å². The molecule has 1 saturated carbocycles. The number of amides is 1. The highest BCUT2D eigenvalue weighted by molar-refractivity contribution is 5.79. The number of carbonyl (C=O) groups is 1. The Labute approximate surface area is 154 Å². The van der Waals surface area contributed by atoms with Crippen LogP contribution in [0.15, 0.2) is 18.3 Å². The van der Waals surface area contributed by atoms with E-state index in [0.29, 0.717) is 31.2 Å². The summed E-state index contributed by atoms with van der Waals surface area (Å²) >= 11 is 0. The van der Waals surface area contributed by atoms with Gasteiger partial charge in [-0.05, 0) is 30.9 Å². The molecule has 7 heteroatoms. The highest BCUT2D eigenvalue weighted by Crippen LogP contribution is 2.36. The third kappa shape index (κ3) is 3.67. The number of nitriles is 1. The average molecular weight is 355 g/mol. The van der Waals surface area contributed by atoms with Gasteiger partial charge < -0.3 is 14.5 Å². The number of nitrogens with zero attached hydrogens (tertiary/aromatic N) is 5. The van der Waals surface area contributed by atoms with Gasteiger partial charge in [0.2, 0.25) is 5.91 Å². The zero-order valence-corrected chi connectivity index (χ0v) is 15.0. The van der Waals surface area contributed by atoms with E-state index in [4.69, 9.17) is 4.74 Å². The first-order valence-electron chi connectivity index (χ1n) is 9.46. The Kier molecular flexibility index (Phi) is 5.05. The van der Waals surface area contributed by atoms with E-state index in [0.717, 1.165) is 38.5 Å². The second-order valence-corrected chi connectivity index (χ2v) is 7.32. The first kappa shape index (κ1) is 17.3. The van der Waals surface area contributed by atoms with E-state index >= 15 is 0 Å². The molecule has 3 heterocycles. The number of carbonyl (C=O) groups excluding carboxylic acids is 1. The van der Waals surface area contributed by atoms with Gasteiger partial charge in [0.25, 0.3) is 0 Å². The van der Waals surface area contributed by atoms with Crippen LogP contribution >= 0.6 is 0 Å². The Bertz CT molecular complexity index is 691. The van der Waals surface area contributed by atoms with Crippen LogP contribution < -0.4 is 4.90 Å². The van der Waals surface area contributed by atoms with Crippen LogP contribution in [0.1, 0.15) is 18.4 Å². The highest BCUT2D eigenvalue weighted by atomic mass is 16.5. The zero-order valence-electron chi connectivity index (χ0n) is 15.0. The summed E-state index contributed by atoms with van der Waals surface area (Å²) in [7, 11) is 0. The molecule has 0 radical (unpaired) electrons. The molecule has 0 aromatic carbocycles. The molecular formula is C19H25N5O2. The molecule has 1 aromatic rings. The molecule has 1 atom stereocenters. The number of aromatic nitrogens is 1. The molecule has 1 aliphatic carbocycles. The third-order valence-electron chi connectivity index (χ3n) is 5.59. The predicted octanol–water partition coefficient (Wildman–Crippen LogP) is 0.713. The minimum absolute atomic E-state index is 0.231. The fraction of sp³-hybridized carbons (Fsp3) is 0.632. The van der Waals surface area contributed by atoms with Crippen LogP contribution in [0.3, 0.4) is 0 Å². The highest BCUT2D eigenvalue weighted by Gasteiger charge is 2.39. The molecule has 1 unspecified atom stereocenters. The van der Waals surface area contributed by atoms with Crippen molar-refractivity contribution in [2.24, 2.45) is 5.92 Å². The van der Waals surface area contributed by atoms with Crippen molar-refractivity contribution in [1.82, 2.24) is 14.8 Å². The second-order valence-electron chi connectivity index (χ2n) is 7.32. The predicted molar refractivity (Wildman–Crippen MR) is 96.6 cm³/mol. The standard InChI is InChI=1S/C19H25N5O2/c20-12-16-2-1-5-21-19(16)23-8-6-22(7-9-23)13-18(25)24-10-11-26-14-17(24)15-3-4-15/h1-2,5,15,17H,3-4,6-11,13-14H2. The van der Waals surface area contributed by atoms with Crippen LogP contribution in [0.5, 0.6) is 0 Å². The molecule has 3 fully saturated rings. The van der Waals surface area contributed by atoms with Gasteiger partial charge in [0.05, 0.1) is 31.4 Å². The van der Waals surface area contributed by atoms with Crippen LogP contribution in [0.2, 0.25) is 0 Å². The Hall–Kier alpha value is -2.17. The van der Waals surface area contributed by atoms with Gasteiger partial charge in [0, 0.05) is 38.9 Å². The summed E-state index contributed by atoms with van der Waals surface area (Å²) in [5.74, 6) is 1.63. The maximum absolute atomic E-state index is 12.8. The number of rotatable bonds is 4. The summed E-state index contributed by atoms with van der Waals surface area (Å²) in [6, 6.07) is 6.08. The number of anilines is 1. The van der Waals surface area contributed by atoms with Crippen molar-refractivity contribution in [3.05, 3.63) is 23.9 Å². The summed E-state index contributed by atoms with van der Waals surface area (Å²) in [6.07, 6.45) is 4.17. The summed E-state index contributed by atoms with van der Waals surface area (Å²) in [5.41, 5.74) is 0.609. The number of piperazine rings is 1. The normalized spacial score (nSPS) is 24.3. The number of hydrogen-bond acceptors (Lipinski definition) is 6. The average Bonchev–Trinajstić information content (AvgIpc) is 3.54. The Morgan fingerprint density at radius 3 is 2.81 bits per heavy atom. The second kappa shape index (κ2) is 7.60. The summed E-state index contributed by atoms with van der Waals surface area (Å²) < 4.78 is 5.59. The minimum Gasteiger partial charge on any atom is -0.377 e. The van der Waals surface area contributed by atoms with Gasteiger partial charge in [-0.15, -0.1) is 0 Å². The van der Waals surface area contributed by atoms with Crippen molar-refractivity contribution < 1.29 is 9.53 Å². The van der Waals surface area contributed by atoms with Gasteiger partial charge >= 0.3 is 0 Å². The van der Waals surface area contributed by atoms with Gasteiger partial charge in [-0.1, -0.05) is 0 Å². The van der Waals surface area contributed by atoms with E-state index in [-0.39, 0.29) is 11.9 Å². The molecule has 26 heavy (non-hydrogen) atoms. The van der Waals surface area contributed by atoms with E-state index in [1.807, 2.05) is 0 Å². The number of ether oxygens (including phenoxy) is 1. The maximum Gasteiger partial charge on any atom is 0.237 e. The van der Waals surface area contributed by atoms with Crippen molar-refractivity contribution in [1.29, 1.82) is 5.26 Å². The topological polar surface area (TPSA) is 72.7 Å². The van der Waals surface area contributed by atoms with Crippen molar-refractivity contribution in [3.63, 3.8) is 0 Å². The monoisotopic (exact) mass is 355 g/mol. The zero-order chi connectivity index (χ0) is 17.9. The van der Waals surface area contributed by atoms with Crippen LogP contribution in [-0.4, -0.2) is 79.2 Å². The lowest BCUT2D eigenvalue weighted by Gasteiger charge is -2.39. The van der Waals surface area contributed by atoms with Crippen molar-refractivity contribution in [2.75, 3.05) is 57.4 Å². The lowest BCUT2D eigenvalue weighted by Crippen LogP contribution is -2.55. The van der Waals surface area contributed by atoms with E-state index in [2.05, 4.69) is 25.8 Å². The summed E-state index contributed by atoms with van der Waals surface area (Å²) in [6.45, 7) is 5.74. The van der Waals surface area contributed by atoms with Gasteiger partial charge in [-0.2, -0.15) is 5.26 Å². The van der Waals surface area contributed by atoms with Crippen molar-refractivity contribution in [2.45, 2.75) is 18.9 Å². The first-order valence-corrected chi connectivity index (χ1v) is 9.46. The van der Waals surface area contributed by atoms with E-state index in [1.54, 1.807) is 18.3 Å². The van der Waals surface area contributed by atoms with Gasteiger partial charge in [0.1, 0.15) is 11.9 Å². The lowest BCUT2D eigenvalue weighted by molar-refractivity contribution is -0.142. The molecule has 0 bridgehead atoms. The first-order chi connectivity index (χ1) is 12.8. The fourth-order valence-corrected chi connectivity index (χ4v) is 3.94. The van der Waals surface area contributed by atoms with Crippen LogP contribution in [0.4, 0.5) is 5.82 Å². The van der Waals surface area contributed by atoms with Gasteiger partial charge in [0.15, 0.2) is 0 Å². The number of hydrogen-bond donors (Lipinski definition) is 0. The summed E-state index contributed by atoms with van der Waals surface area (Å²) in [4.78, 5) is 23.6. The van der Waals surface area contributed by atoms with E-state index < -0.39 is 0 Å². The Morgan fingerprint density at radius 2 is 2.08 bits per heavy atom. The number of morpholine rings is 1. The molecule has 138 valence electrons. The van der Waals surface area contributed by atoms with Crippen LogP contribution in [0, 0.1) is 17.2 Å². The molecular weight excluding hydrogens is 330 g/mol. The molecule has 0 spiro atoms. The molecule has 1 amide bonds. The summed E-state index contributed by atoms with van der Waals surface area (Å²) in [5, 5.41) is 9.25. The molecule has 3 aliphatic rings. The van der Waals surface area contributed by atoms with Crippen LogP contribution in [-0.2, 0) is 9.53 Å². The SMILES string of the molecule is N#Cc1cccnc1N1CCN(CC(=O)N2CCOCC2C2CC2)CC1. The fourth-order valence-electron chi connectivity index (χ4n) is 3.94. The lowest BCUT2D eigenvalue weighted by atomic mass is 10.1. The molecule has 7 nitrogen and oxygen atoms in total.